The number of hydrogen-bond donors (Lipinski definition) is 1. The summed E-state index contributed by atoms with van der Waals surface area (Å²) in [6, 6.07) is 13.7. The molecular formula is C21H23N5O. The van der Waals surface area contributed by atoms with E-state index in [2.05, 4.69) is 25.1 Å². The van der Waals surface area contributed by atoms with Crippen molar-refractivity contribution in [2.24, 2.45) is 0 Å². The molecular weight excluding hydrogens is 338 g/mol. The van der Waals surface area contributed by atoms with Gasteiger partial charge in [-0.2, -0.15) is 0 Å². The van der Waals surface area contributed by atoms with Crippen molar-refractivity contribution in [2.45, 2.75) is 45.7 Å². The molecule has 1 aliphatic heterocycles. The molecule has 2 aromatic heterocycles. The summed E-state index contributed by atoms with van der Waals surface area (Å²) < 4.78 is 2.15. The number of aryl methyl sites for hydroxylation is 2. The number of hydrogen-bond acceptors (Lipinski definition) is 4. The van der Waals surface area contributed by atoms with E-state index in [0.29, 0.717) is 17.8 Å². The van der Waals surface area contributed by atoms with Crippen LogP contribution in [0.15, 0.2) is 42.5 Å². The Morgan fingerprint density at radius 3 is 2.74 bits per heavy atom. The molecule has 27 heavy (non-hydrogen) atoms. The standard InChI is InChI=1S/C21H23N5O/c1-15-17(11-12-18(23-15)16-8-4-2-5-9-16)21(27)22-14-20-25-24-19-10-6-3-7-13-26(19)20/h2,4-5,8-9,11-12H,3,6-7,10,13-14H2,1H3,(H,22,27). The zero-order valence-electron chi connectivity index (χ0n) is 15.5. The van der Waals surface area contributed by atoms with Crippen molar-refractivity contribution < 1.29 is 4.79 Å². The molecule has 0 fully saturated rings. The number of aromatic nitrogens is 4. The molecule has 6 heteroatoms. The molecule has 0 unspecified atom stereocenters. The maximum absolute atomic E-state index is 12.6. The Labute approximate surface area is 158 Å². The lowest BCUT2D eigenvalue weighted by Gasteiger charge is -2.10. The van der Waals surface area contributed by atoms with Crippen LogP contribution in [0, 0.1) is 6.92 Å². The third-order valence-electron chi connectivity index (χ3n) is 4.99. The predicted octanol–water partition coefficient (Wildman–Crippen LogP) is 3.30. The summed E-state index contributed by atoms with van der Waals surface area (Å²) in [5.74, 6) is 1.72. The summed E-state index contributed by atoms with van der Waals surface area (Å²) in [4.78, 5) is 17.2. The molecule has 3 aromatic rings. The zero-order valence-corrected chi connectivity index (χ0v) is 15.5. The molecule has 0 aliphatic carbocycles. The van der Waals surface area contributed by atoms with E-state index in [1.165, 1.54) is 6.42 Å². The number of carbonyl (C=O) groups excluding carboxylic acids is 1. The summed E-state index contributed by atoms with van der Waals surface area (Å²) in [5, 5.41) is 11.5. The van der Waals surface area contributed by atoms with Crippen LogP contribution in [0.1, 0.15) is 47.0 Å². The lowest BCUT2D eigenvalue weighted by atomic mass is 10.1. The van der Waals surface area contributed by atoms with E-state index in [1.807, 2.05) is 49.4 Å². The van der Waals surface area contributed by atoms with Gasteiger partial charge in [0.15, 0.2) is 5.82 Å². The van der Waals surface area contributed by atoms with Crippen molar-refractivity contribution in [3.8, 4) is 11.3 Å². The molecule has 1 aliphatic rings. The van der Waals surface area contributed by atoms with Gasteiger partial charge in [-0.15, -0.1) is 10.2 Å². The number of nitrogens with one attached hydrogen (secondary N) is 1. The van der Waals surface area contributed by atoms with E-state index in [9.17, 15) is 4.79 Å². The molecule has 1 aromatic carbocycles. The minimum Gasteiger partial charge on any atom is -0.345 e. The number of fused-ring (bicyclic) bond motifs is 1. The van der Waals surface area contributed by atoms with Crippen LogP contribution < -0.4 is 5.32 Å². The van der Waals surface area contributed by atoms with Gasteiger partial charge in [0.1, 0.15) is 5.82 Å². The summed E-state index contributed by atoms with van der Waals surface area (Å²) in [5.41, 5.74) is 3.21. The molecule has 6 nitrogen and oxygen atoms in total. The van der Waals surface area contributed by atoms with Crippen LogP contribution in [-0.4, -0.2) is 25.7 Å². The predicted molar refractivity (Wildman–Crippen MR) is 103 cm³/mol. The van der Waals surface area contributed by atoms with Gasteiger partial charge in [0.25, 0.3) is 5.91 Å². The Morgan fingerprint density at radius 1 is 1.07 bits per heavy atom. The van der Waals surface area contributed by atoms with Crippen LogP contribution in [0.3, 0.4) is 0 Å². The number of benzene rings is 1. The highest BCUT2D eigenvalue weighted by atomic mass is 16.1. The fourth-order valence-electron chi connectivity index (χ4n) is 3.50. The van der Waals surface area contributed by atoms with Crippen LogP contribution >= 0.6 is 0 Å². The molecule has 0 bridgehead atoms. The smallest absolute Gasteiger partial charge is 0.253 e. The van der Waals surface area contributed by atoms with Gasteiger partial charge in [0.2, 0.25) is 0 Å². The lowest BCUT2D eigenvalue weighted by molar-refractivity contribution is 0.0948. The highest BCUT2D eigenvalue weighted by Gasteiger charge is 2.16. The number of carbonyl (C=O) groups is 1. The van der Waals surface area contributed by atoms with Gasteiger partial charge >= 0.3 is 0 Å². The molecule has 3 heterocycles. The van der Waals surface area contributed by atoms with Crippen LogP contribution in [0.4, 0.5) is 0 Å². The fourth-order valence-corrected chi connectivity index (χ4v) is 3.50. The van der Waals surface area contributed by atoms with Crippen LogP contribution in [0.25, 0.3) is 11.3 Å². The maximum atomic E-state index is 12.6. The zero-order chi connectivity index (χ0) is 18.6. The third-order valence-corrected chi connectivity index (χ3v) is 4.99. The molecule has 0 spiro atoms. The minimum absolute atomic E-state index is 0.134. The number of pyridine rings is 1. The molecule has 0 atom stereocenters. The van der Waals surface area contributed by atoms with E-state index in [-0.39, 0.29) is 5.91 Å². The van der Waals surface area contributed by atoms with Crippen molar-refractivity contribution in [3.05, 3.63) is 65.4 Å². The number of rotatable bonds is 4. The second-order valence-electron chi connectivity index (χ2n) is 6.87. The van der Waals surface area contributed by atoms with E-state index in [0.717, 1.165) is 48.7 Å². The summed E-state index contributed by atoms with van der Waals surface area (Å²) >= 11 is 0. The van der Waals surface area contributed by atoms with Crippen LogP contribution in [0.2, 0.25) is 0 Å². The Bertz CT molecular complexity index is 948. The third kappa shape index (κ3) is 3.74. The maximum Gasteiger partial charge on any atom is 0.253 e. The van der Waals surface area contributed by atoms with Gasteiger partial charge in [-0.3, -0.25) is 9.78 Å². The second-order valence-corrected chi connectivity index (χ2v) is 6.87. The van der Waals surface area contributed by atoms with Gasteiger partial charge in [-0.25, -0.2) is 0 Å². The first kappa shape index (κ1) is 17.4. The molecule has 138 valence electrons. The first-order valence-electron chi connectivity index (χ1n) is 9.44. The lowest BCUT2D eigenvalue weighted by Crippen LogP contribution is -2.26. The van der Waals surface area contributed by atoms with Crippen molar-refractivity contribution in [1.82, 2.24) is 25.1 Å². The Morgan fingerprint density at radius 2 is 1.93 bits per heavy atom. The Hall–Kier alpha value is -3.02. The Kier molecular flexibility index (Phi) is 4.96. The molecule has 4 rings (SSSR count). The Balaban J connectivity index is 1.47. The van der Waals surface area contributed by atoms with Gasteiger partial charge in [0, 0.05) is 18.5 Å². The van der Waals surface area contributed by atoms with Crippen molar-refractivity contribution in [3.63, 3.8) is 0 Å². The highest BCUT2D eigenvalue weighted by Crippen LogP contribution is 2.19. The van der Waals surface area contributed by atoms with Crippen molar-refractivity contribution >= 4 is 5.91 Å². The van der Waals surface area contributed by atoms with Crippen LogP contribution in [0.5, 0.6) is 0 Å². The molecule has 0 saturated carbocycles. The van der Waals surface area contributed by atoms with Gasteiger partial charge < -0.3 is 9.88 Å². The average molecular weight is 361 g/mol. The van der Waals surface area contributed by atoms with Crippen molar-refractivity contribution in [2.75, 3.05) is 0 Å². The normalized spacial score (nSPS) is 13.7. The van der Waals surface area contributed by atoms with Gasteiger partial charge in [-0.05, 0) is 31.9 Å². The summed E-state index contributed by atoms with van der Waals surface area (Å²) in [7, 11) is 0. The second kappa shape index (κ2) is 7.70. The fraction of sp³-hybridized carbons (Fsp3) is 0.333. The first-order chi connectivity index (χ1) is 13.2. The molecule has 1 N–H and O–H groups in total. The van der Waals surface area contributed by atoms with E-state index >= 15 is 0 Å². The molecule has 0 saturated heterocycles. The van der Waals surface area contributed by atoms with E-state index in [4.69, 9.17) is 0 Å². The van der Waals surface area contributed by atoms with Crippen LogP contribution in [-0.2, 0) is 19.5 Å². The number of nitrogens with zero attached hydrogens (tertiary/aromatic N) is 4. The topological polar surface area (TPSA) is 72.7 Å². The van der Waals surface area contributed by atoms with E-state index in [1.54, 1.807) is 0 Å². The minimum atomic E-state index is -0.134. The first-order valence-corrected chi connectivity index (χ1v) is 9.44. The average Bonchev–Trinajstić information content (AvgIpc) is 2.92. The monoisotopic (exact) mass is 361 g/mol. The largest absolute Gasteiger partial charge is 0.345 e. The van der Waals surface area contributed by atoms with E-state index < -0.39 is 0 Å². The van der Waals surface area contributed by atoms with Crippen molar-refractivity contribution in [1.29, 1.82) is 0 Å². The summed E-state index contributed by atoms with van der Waals surface area (Å²) in [6.45, 7) is 3.18. The summed E-state index contributed by atoms with van der Waals surface area (Å²) in [6.07, 6.45) is 4.47. The number of amides is 1. The van der Waals surface area contributed by atoms with Gasteiger partial charge in [0.05, 0.1) is 23.5 Å². The molecule has 0 radical (unpaired) electrons. The highest BCUT2D eigenvalue weighted by molar-refractivity contribution is 5.95. The molecule has 1 amide bonds. The van der Waals surface area contributed by atoms with Gasteiger partial charge in [-0.1, -0.05) is 36.8 Å². The SMILES string of the molecule is Cc1nc(-c2ccccc2)ccc1C(=O)NCc1nnc2n1CCCCC2. The quantitative estimate of drug-likeness (QED) is 0.774.